The molecule has 0 spiro atoms. The molecule has 1 atom stereocenters. The first-order chi connectivity index (χ1) is 12.0. The summed E-state index contributed by atoms with van der Waals surface area (Å²) in [6.07, 6.45) is 1.54. The van der Waals surface area contributed by atoms with Gasteiger partial charge in [0.05, 0.1) is 6.17 Å². The number of rotatable bonds is 7. The number of amides is 4. The third-order valence-corrected chi connectivity index (χ3v) is 3.06. The summed E-state index contributed by atoms with van der Waals surface area (Å²) in [7, 11) is 0. The molecular weight excluding hydrogens is 346 g/mol. The van der Waals surface area contributed by atoms with Gasteiger partial charge in [-0.25, -0.2) is 9.59 Å². The Balaban J connectivity index is 2.58. The van der Waals surface area contributed by atoms with Crippen LogP contribution in [0.25, 0.3) is 0 Å². The first kappa shape index (κ1) is 21.2. The summed E-state index contributed by atoms with van der Waals surface area (Å²) in [5.74, 6) is -1.80. The zero-order valence-electron chi connectivity index (χ0n) is 15.0. The van der Waals surface area contributed by atoms with Crippen LogP contribution in [-0.2, 0) is 14.3 Å². The molecule has 11 nitrogen and oxygen atoms in total. The van der Waals surface area contributed by atoms with Gasteiger partial charge in [0.2, 0.25) is 5.91 Å². The second-order valence-electron chi connectivity index (χ2n) is 6.58. The maximum absolute atomic E-state index is 12.3. The van der Waals surface area contributed by atoms with E-state index in [-0.39, 0.29) is 19.6 Å². The Morgan fingerprint density at radius 2 is 2.08 bits per heavy atom. The van der Waals surface area contributed by atoms with Gasteiger partial charge in [-0.2, -0.15) is 0 Å². The second kappa shape index (κ2) is 9.04. The van der Waals surface area contributed by atoms with Crippen molar-refractivity contribution in [3.8, 4) is 0 Å². The number of urea groups is 1. The van der Waals surface area contributed by atoms with Gasteiger partial charge >= 0.3 is 18.1 Å². The topological polar surface area (TPSA) is 154 Å². The third kappa shape index (κ3) is 7.83. The Morgan fingerprint density at radius 3 is 2.62 bits per heavy atom. The van der Waals surface area contributed by atoms with Crippen molar-refractivity contribution in [2.75, 3.05) is 26.2 Å². The number of nitrogens with zero attached hydrogens (tertiary/aromatic N) is 2. The van der Waals surface area contributed by atoms with Crippen LogP contribution in [0.4, 0.5) is 9.59 Å². The van der Waals surface area contributed by atoms with Crippen molar-refractivity contribution >= 4 is 24.0 Å². The van der Waals surface area contributed by atoms with Gasteiger partial charge in [0.1, 0.15) is 18.7 Å². The minimum Gasteiger partial charge on any atom is -0.480 e. The number of hydrogen-bond donors (Lipinski definition) is 4. The summed E-state index contributed by atoms with van der Waals surface area (Å²) in [6.45, 7) is 4.15. The summed E-state index contributed by atoms with van der Waals surface area (Å²) < 4.78 is 5.05. The lowest BCUT2D eigenvalue weighted by Gasteiger charge is -2.28. The molecule has 1 heterocycles. The number of carbonyl (C=O) groups excluding carboxylic acids is 3. The highest BCUT2D eigenvalue weighted by Crippen LogP contribution is 2.06. The number of hydrogen-bond acceptors (Lipinski definition) is 6. The fourth-order valence-corrected chi connectivity index (χ4v) is 1.97. The Bertz CT molecular complexity index is 586. The molecule has 1 unspecified atom stereocenters. The number of alkyl carbamates (subject to hydrolysis) is 1. The largest absolute Gasteiger partial charge is 0.480 e. The highest BCUT2D eigenvalue weighted by molar-refractivity contribution is 5.87. The lowest BCUT2D eigenvalue weighted by atomic mass is 10.2. The number of carboxylic acids is 1. The molecule has 0 aromatic carbocycles. The average Bonchev–Trinajstić information content (AvgIpc) is 2.46. The van der Waals surface area contributed by atoms with Gasteiger partial charge in [-0.3, -0.25) is 14.5 Å². The van der Waals surface area contributed by atoms with E-state index in [0.717, 1.165) is 9.80 Å². The van der Waals surface area contributed by atoms with Crippen molar-refractivity contribution < 1.29 is 29.0 Å². The monoisotopic (exact) mass is 371 g/mol. The van der Waals surface area contributed by atoms with Crippen LogP contribution in [0.5, 0.6) is 0 Å². The van der Waals surface area contributed by atoms with Crippen LogP contribution in [0, 0.1) is 0 Å². The first-order valence-corrected chi connectivity index (χ1v) is 7.95. The lowest BCUT2D eigenvalue weighted by molar-refractivity contribution is -0.144. The van der Waals surface area contributed by atoms with Crippen LogP contribution in [0.2, 0.25) is 0 Å². The predicted molar refractivity (Wildman–Crippen MR) is 90.8 cm³/mol. The van der Waals surface area contributed by atoms with Gasteiger partial charge in [0.15, 0.2) is 0 Å². The van der Waals surface area contributed by atoms with Crippen LogP contribution in [0.1, 0.15) is 20.8 Å². The van der Waals surface area contributed by atoms with Crippen molar-refractivity contribution in [1.82, 2.24) is 20.4 Å². The Hall–Kier alpha value is -2.82. The van der Waals surface area contributed by atoms with Crippen molar-refractivity contribution in [1.29, 1.82) is 0 Å². The zero-order valence-corrected chi connectivity index (χ0v) is 15.0. The molecule has 5 N–H and O–H groups in total. The van der Waals surface area contributed by atoms with E-state index in [4.69, 9.17) is 15.6 Å². The second-order valence-corrected chi connectivity index (χ2v) is 6.58. The quantitative estimate of drug-likeness (QED) is 0.459. The summed E-state index contributed by atoms with van der Waals surface area (Å²) >= 11 is 0. The van der Waals surface area contributed by atoms with Crippen molar-refractivity contribution in [3.63, 3.8) is 0 Å². The Labute approximate surface area is 151 Å². The van der Waals surface area contributed by atoms with Gasteiger partial charge in [0.25, 0.3) is 0 Å². The van der Waals surface area contributed by atoms with E-state index < -0.39 is 42.3 Å². The Morgan fingerprint density at radius 1 is 1.42 bits per heavy atom. The molecule has 11 heteroatoms. The number of aliphatic carboxylic acids is 1. The molecule has 1 aliphatic heterocycles. The van der Waals surface area contributed by atoms with E-state index >= 15 is 0 Å². The van der Waals surface area contributed by atoms with E-state index in [1.807, 2.05) is 0 Å². The van der Waals surface area contributed by atoms with Crippen LogP contribution in [0.3, 0.4) is 0 Å². The molecule has 1 rings (SSSR count). The standard InChI is InChI=1S/C15H25N5O6/c1-15(2,3)26-14(25)17-5-7-19(9-12(22)23)11(21)8-20-6-4-10(16)18-13(20)24/h4,6,10H,5,7-9,16H2,1-3H3,(H,17,25)(H,18,24)(H,22,23). The maximum atomic E-state index is 12.3. The summed E-state index contributed by atoms with van der Waals surface area (Å²) in [5, 5.41) is 13.8. The van der Waals surface area contributed by atoms with E-state index in [9.17, 15) is 19.2 Å². The van der Waals surface area contributed by atoms with Crippen molar-refractivity contribution in [3.05, 3.63) is 12.3 Å². The summed E-state index contributed by atoms with van der Waals surface area (Å²) in [4.78, 5) is 48.7. The smallest absolute Gasteiger partial charge is 0.407 e. The van der Waals surface area contributed by atoms with Gasteiger partial charge in [-0.1, -0.05) is 0 Å². The number of nitrogens with two attached hydrogens (primary N) is 1. The molecule has 4 amide bonds. The fourth-order valence-electron chi connectivity index (χ4n) is 1.97. The van der Waals surface area contributed by atoms with Gasteiger partial charge in [-0.15, -0.1) is 0 Å². The van der Waals surface area contributed by atoms with Crippen molar-refractivity contribution in [2.45, 2.75) is 32.5 Å². The molecule has 0 bridgehead atoms. The first-order valence-electron chi connectivity index (χ1n) is 7.95. The zero-order chi connectivity index (χ0) is 19.9. The normalized spacial score (nSPS) is 16.7. The van der Waals surface area contributed by atoms with Crippen LogP contribution in [0.15, 0.2) is 12.3 Å². The molecule has 0 fully saturated rings. The lowest BCUT2D eigenvalue weighted by Crippen LogP contribution is -2.53. The SMILES string of the molecule is CC(C)(C)OC(=O)NCCN(CC(=O)O)C(=O)CN1C=CC(N)NC1=O. The minimum atomic E-state index is -1.21. The van der Waals surface area contributed by atoms with E-state index in [1.54, 1.807) is 20.8 Å². The highest BCUT2D eigenvalue weighted by atomic mass is 16.6. The Kier molecular flexibility index (Phi) is 7.38. The van der Waals surface area contributed by atoms with Crippen molar-refractivity contribution in [2.24, 2.45) is 5.73 Å². The summed E-state index contributed by atoms with van der Waals surface area (Å²) in [6, 6.07) is -0.560. The number of carbonyl (C=O) groups is 4. The fraction of sp³-hybridized carbons (Fsp3) is 0.600. The molecule has 0 aromatic heterocycles. The predicted octanol–water partition coefficient (Wildman–Crippen LogP) is -0.752. The van der Waals surface area contributed by atoms with E-state index in [0.29, 0.717) is 0 Å². The molecule has 0 aliphatic carbocycles. The van der Waals surface area contributed by atoms with E-state index in [1.165, 1.54) is 12.3 Å². The number of carboxylic acid groups (broad SMARTS) is 1. The van der Waals surface area contributed by atoms with Gasteiger partial charge < -0.3 is 31.1 Å². The molecule has 146 valence electrons. The molecule has 0 radical (unpaired) electrons. The minimum absolute atomic E-state index is 0.000836. The number of nitrogens with one attached hydrogen (secondary N) is 2. The average molecular weight is 371 g/mol. The third-order valence-electron chi connectivity index (χ3n) is 3.06. The van der Waals surface area contributed by atoms with Gasteiger partial charge in [-0.05, 0) is 26.8 Å². The molecule has 26 heavy (non-hydrogen) atoms. The number of ether oxygens (including phenoxy) is 1. The molecule has 1 aliphatic rings. The molecule has 0 aromatic rings. The molecular formula is C15H25N5O6. The van der Waals surface area contributed by atoms with Crippen LogP contribution in [-0.4, -0.2) is 76.9 Å². The van der Waals surface area contributed by atoms with Crippen LogP contribution < -0.4 is 16.4 Å². The highest BCUT2D eigenvalue weighted by Gasteiger charge is 2.24. The van der Waals surface area contributed by atoms with Crippen LogP contribution >= 0.6 is 0 Å². The molecule has 0 saturated carbocycles. The summed E-state index contributed by atoms with van der Waals surface area (Å²) in [5.41, 5.74) is 4.84. The maximum Gasteiger partial charge on any atom is 0.407 e. The molecule has 0 saturated heterocycles. The van der Waals surface area contributed by atoms with E-state index in [2.05, 4.69) is 10.6 Å². The van der Waals surface area contributed by atoms with Gasteiger partial charge in [0, 0.05) is 19.3 Å².